The van der Waals surface area contributed by atoms with Crippen LogP contribution in [0.1, 0.15) is 72.6 Å². The Morgan fingerprint density at radius 2 is 1.69 bits per heavy atom. The van der Waals surface area contributed by atoms with Crippen molar-refractivity contribution in [3.63, 3.8) is 0 Å². The maximum atomic E-state index is 13.1. The molecule has 0 saturated heterocycles. The molecule has 3 nitrogen and oxygen atoms in total. The van der Waals surface area contributed by atoms with Gasteiger partial charge in [0.05, 0.1) is 0 Å². The highest BCUT2D eigenvalue weighted by Crippen LogP contribution is 2.43. The molecule has 0 spiro atoms. The normalized spacial score (nSPS) is 17.7. The number of carbonyl (C=O) groups excluding carboxylic acids is 2. The molecule has 1 aliphatic rings. The van der Waals surface area contributed by atoms with E-state index in [9.17, 15) is 9.59 Å². The zero-order chi connectivity index (χ0) is 19.2. The van der Waals surface area contributed by atoms with Crippen molar-refractivity contribution in [2.45, 2.75) is 77.5 Å². The van der Waals surface area contributed by atoms with Gasteiger partial charge in [-0.05, 0) is 49.4 Å². The maximum Gasteiger partial charge on any atom is 0.230 e. The first-order valence-corrected chi connectivity index (χ1v) is 10.8. The fourth-order valence-corrected chi connectivity index (χ4v) is 4.41. The van der Waals surface area contributed by atoms with Crippen molar-refractivity contribution in [1.82, 2.24) is 0 Å². The Kier molecular flexibility index (Phi) is 7.75. The van der Waals surface area contributed by atoms with Gasteiger partial charge in [0, 0.05) is 21.9 Å². The van der Waals surface area contributed by atoms with Crippen molar-refractivity contribution in [3.05, 3.63) is 24.3 Å². The Bertz CT molecular complexity index is 603. The zero-order valence-corrected chi connectivity index (χ0v) is 17.5. The largest absolute Gasteiger partial charge is 0.326 e. The maximum absolute atomic E-state index is 13.1. The number of nitrogens with one attached hydrogen (secondary N) is 1. The molecule has 0 aromatic heterocycles. The molecule has 0 heterocycles. The molecule has 0 bridgehead atoms. The number of benzene rings is 1. The summed E-state index contributed by atoms with van der Waals surface area (Å²) in [7, 11) is 0. The second-order valence-electron chi connectivity index (χ2n) is 8.11. The molecule has 0 radical (unpaired) electrons. The van der Waals surface area contributed by atoms with Crippen molar-refractivity contribution in [2.24, 2.45) is 17.3 Å². The van der Waals surface area contributed by atoms with Gasteiger partial charge in [0.15, 0.2) is 5.12 Å². The number of carbonyl (C=O) groups is 2. The molecular formula is C22H33NO2S. The topological polar surface area (TPSA) is 46.2 Å². The lowest BCUT2D eigenvalue weighted by molar-refractivity contribution is -0.128. The molecule has 1 unspecified atom stereocenters. The first-order valence-electron chi connectivity index (χ1n) is 9.99. The quantitative estimate of drug-likeness (QED) is 0.570. The van der Waals surface area contributed by atoms with Crippen LogP contribution in [0.25, 0.3) is 0 Å². The standard InChI is InChI=1S/C22H33NO2S/c1-5-17(4)15-22(13-7-6-8-14-22)21(25)23-18-9-11-19(12-10-18)26-20(24)16(2)3/h9-12,16-17H,5-8,13-15H2,1-4H3,(H,23,25). The first-order chi connectivity index (χ1) is 12.4. The van der Waals surface area contributed by atoms with E-state index in [2.05, 4.69) is 19.2 Å². The van der Waals surface area contributed by atoms with Crippen LogP contribution in [0.5, 0.6) is 0 Å². The molecule has 26 heavy (non-hydrogen) atoms. The van der Waals surface area contributed by atoms with E-state index >= 15 is 0 Å². The number of rotatable bonds is 7. The Hall–Kier alpha value is -1.29. The summed E-state index contributed by atoms with van der Waals surface area (Å²) < 4.78 is 0. The van der Waals surface area contributed by atoms with Crippen molar-refractivity contribution in [2.75, 3.05) is 5.32 Å². The summed E-state index contributed by atoms with van der Waals surface area (Å²) in [5.41, 5.74) is 0.611. The van der Waals surface area contributed by atoms with Crippen molar-refractivity contribution < 1.29 is 9.59 Å². The lowest BCUT2D eigenvalue weighted by Gasteiger charge is -2.37. The molecule has 1 saturated carbocycles. The van der Waals surface area contributed by atoms with E-state index in [1.54, 1.807) is 0 Å². The highest BCUT2D eigenvalue weighted by molar-refractivity contribution is 8.13. The van der Waals surface area contributed by atoms with E-state index in [0.717, 1.165) is 49.1 Å². The fraction of sp³-hybridized carbons (Fsp3) is 0.636. The zero-order valence-electron chi connectivity index (χ0n) is 16.6. The monoisotopic (exact) mass is 375 g/mol. The van der Waals surface area contributed by atoms with Crippen LogP contribution in [0.3, 0.4) is 0 Å². The van der Waals surface area contributed by atoms with E-state index in [1.165, 1.54) is 18.2 Å². The third-order valence-electron chi connectivity index (χ3n) is 5.53. The van der Waals surface area contributed by atoms with Gasteiger partial charge >= 0.3 is 0 Å². The van der Waals surface area contributed by atoms with Crippen LogP contribution in [0, 0.1) is 17.3 Å². The van der Waals surface area contributed by atoms with E-state index in [4.69, 9.17) is 0 Å². The van der Waals surface area contributed by atoms with E-state index in [0.29, 0.717) is 5.92 Å². The Labute approximate surface area is 162 Å². The van der Waals surface area contributed by atoms with Gasteiger partial charge in [-0.15, -0.1) is 0 Å². The van der Waals surface area contributed by atoms with Gasteiger partial charge in [0.2, 0.25) is 5.91 Å². The Morgan fingerprint density at radius 1 is 1.08 bits per heavy atom. The van der Waals surface area contributed by atoms with Gasteiger partial charge in [0.1, 0.15) is 0 Å². The average Bonchev–Trinajstić information content (AvgIpc) is 2.63. The lowest BCUT2D eigenvalue weighted by Crippen LogP contribution is -2.39. The summed E-state index contributed by atoms with van der Waals surface area (Å²) in [5.74, 6) is 0.766. The van der Waals surface area contributed by atoms with Crippen LogP contribution in [0.15, 0.2) is 29.2 Å². The van der Waals surface area contributed by atoms with Gasteiger partial charge in [-0.1, -0.05) is 65.1 Å². The summed E-state index contributed by atoms with van der Waals surface area (Å²) in [6.07, 6.45) is 7.63. The molecule has 0 aliphatic heterocycles. The van der Waals surface area contributed by atoms with E-state index in [-0.39, 0.29) is 22.4 Å². The van der Waals surface area contributed by atoms with Crippen LogP contribution in [0.2, 0.25) is 0 Å². The lowest BCUT2D eigenvalue weighted by atomic mass is 9.68. The molecule has 1 atom stereocenters. The predicted octanol–water partition coefficient (Wildman–Crippen LogP) is 6.29. The second kappa shape index (κ2) is 9.59. The molecule has 4 heteroatoms. The fourth-order valence-electron chi connectivity index (χ4n) is 3.67. The van der Waals surface area contributed by atoms with Gasteiger partial charge < -0.3 is 5.32 Å². The number of hydrogen-bond donors (Lipinski definition) is 1. The van der Waals surface area contributed by atoms with Gasteiger partial charge in [-0.2, -0.15) is 0 Å². The van der Waals surface area contributed by atoms with Crippen LogP contribution >= 0.6 is 11.8 Å². The first kappa shape index (κ1) is 21.0. The second-order valence-corrected chi connectivity index (χ2v) is 9.19. The Balaban J connectivity index is 2.05. The minimum atomic E-state index is -0.214. The van der Waals surface area contributed by atoms with Gasteiger partial charge in [-0.3, -0.25) is 9.59 Å². The predicted molar refractivity (Wildman–Crippen MR) is 110 cm³/mol. The van der Waals surface area contributed by atoms with Crippen molar-refractivity contribution >= 4 is 28.5 Å². The summed E-state index contributed by atoms with van der Waals surface area (Å²) in [5, 5.41) is 3.32. The highest BCUT2D eigenvalue weighted by atomic mass is 32.2. The average molecular weight is 376 g/mol. The van der Waals surface area contributed by atoms with Gasteiger partial charge in [0.25, 0.3) is 0 Å². The SMILES string of the molecule is CCC(C)CC1(C(=O)Nc2ccc(SC(=O)C(C)C)cc2)CCCCC1. The molecule has 2 rings (SSSR count). The van der Waals surface area contributed by atoms with E-state index < -0.39 is 0 Å². The molecule has 1 fully saturated rings. The smallest absolute Gasteiger partial charge is 0.230 e. The molecule has 1 aliphatic carbocycles. The molecule has 1 amide bonds. The summed E-state index contributed by atoms with van der Waals surface area (Å²) >= 11 is 1.27. The molecule has 144 valence electrons. The minimum absolute atomic E-state index is 0.0195. The van der Waals surface area contributed by atoms with Crippen LogP contribution in [0.4, 0.5) is 5.69 Å². The number of anilines is 1. The number of thioether (sulfide) groups is 1. The molecule has 1 aromatic carbocycles. The summed E-state index contributed by atoms with van der Waals surface area (Å²) in [6, 6.07) is 7.66. The summed E-state index contributed by atoms with van der Waals surface area (Å²) in [4.78, 5) is 25.9. The van der Waals surface area contributed by atoms with Crippen LogP contribution in [-0.2, 0) is 9.59 Å². The Morgan fingerprint density at radius 3 is 2.23 bits per heavy atom. The minimum Gasteiger partial charge on any atom is -0.326 e. The third kappa shape index (κ3) is 5.60. The molecule has 1 N–H and O–H groups in total. The number of hydrogen-bond acceptors (Lipinski definition) is 3. The van der Waals surface area contributed by atoms with Gasteiger partial charge in [-0.25, -0.2) is 0 Å². The highest BCUT2D eigenvalue weighted by Gasteiger charge is 2.40. The molecular weight excluding hydrogens is 342 g/mol. The summed E-state index contributed by atoms with van der Waals surface area (Å²) in [6.45, 7) is 8.27. The van der Waals surface area contributed by atoms with Crippen molar-refractivity contribution in [3.8, 4) is 0 Å². The van der Waals surface area contributed by atoms with Crippen molar-refractivity contribution in [1.29, 1.82) is 0 Å². The van der Waals surface area contributed by atoms with Crippen LogP contribution in [-0.4, -0.2) is 11.0 Å². The third-order valence-corrected chi connectivity index (χ3v) is 6.71. The number of amides is 1. The van der Waals surface area contributed by atoms with Crippen LogP contribution < -0.4 is 5.32 Å². The molecule has 1 aromatic rings. The van der Waals surface area contributed by atoms with E-state index in [1.807, 2.05) is 38.1 Å².